The Morgan fingerprint density at radius 2 is 2.31 bits per heavy atom. The first-order chi connectivity index (χ1) is 7.72. The number of anilines is 1. The molecule has 0 aromatic heterocycles. The monoisotopic (exact) mass is 224 g/mol. The third kappa shape index (κ3) is 1.92. The SMILES string of the molecule is COc1cccc(NC2COC2)c1[N+](=O)[O-]. The van der Waals surface area contributed by atoms with E-state index in [2.05, 4.69) is 5.32 Å². The summed E-state index contributed by atoms with van der Waals surface area (Å²) in [6.45, 7) is 1.16. The third-order valence-corrected chi connectivity index (χ3v) is 2.40. The summed E-state index contributed by atoms with van der Waals surface area (Å²) in [4.78, 5) is 10.5. The highest BCUT2D eigenvalue weighted by Crippen LogP contribution is 2.35. The van der Waals surface area contributed by atoms with Crippen molar-refractivity contribution in [1.82, 2.24) is 0 Å². The van der Waals surface area contributed by atoms with Crippen LogP contribution in [0.1, 0.15) is 0 Å². The summed E-state index contributed by atoms with van der Waals surface area (Å²) in [5, 5.41) is 14.0. The smallest absolute Gasteiger partial charge is 0.333 e. The molecule has 0 unspecified atom stereocenters. The Morgan fingerprint density at radius 1 is 1.56 bits per heavy atom. The van der Waals surface area contributed by atoms with Gasteiger partial charge in [0.05, 0.1) is 31.3 Å². The molecule has 6 heteroatoms. The van der Waals surface area contributed by atoms with Gasteiger partial charge < -0.3 is 14.8 Å². The van der Waals surface area contributed by atoms with Gasteiger partial charge in [0, 0.05) is 0 Å². The second kappa shape index (κ2) is 4.36. The first-order valence-electron chi connectivity index (χ1n) is 4.88. The number of nitro benzene ring substituents is 1. The van der Waals surface area contributed by atoms with E-state index in [1.165, 1.54) is 7.11 Å². The van der Waals surface area contributed by atoms with E-state index in [0.717, 1.165) is 0 Å². The number of hydrogen-bond acceptors (Lipinski definition) is 5. The number of nitrogens with one attached hydrogen (secondary N) is 1. The lowest BCUT2D eigenvalue weighted by atomic mass is 10.2. The van der Waals surface area contributed by atoms with Crippen molar-refractivity contribution < 1.29 is 14.4 Å². The Morgan fingerprint density at radius 3 is 2.81 bits per heavy atom. The van der Waals surface area contributed by atoms with E-state index < -0.39 is 4.92 Å². The van der Waals surface area contributed by atoms with Crippen LogP contribution in [-0.2, 0) is 4.74 Å². The van der Waals surface area contributed by atoms with E-state index in [1.54, 1.807) is 18.2 Å². The van der Waals surface area contributed by atoms with Crippen LogP contribution >= 0.6 is 0 Å². The summed E-state index contributed by atoms with van der Waals surface area (Å²) in [5.41, 5.74) is 0.439. The zero-order chi connectivity index (χ0) is 11.5. The Hall–Kier alpha value is -1.82. The summed E-state index contributed by atoms with van der Waals surface area (Å²) in [7, 11) is 1.42. The lowest BCUT2D eigenvalue weighted by Gasteiger charge is -2.27. The first kappa shape index (κ1) is 10.7. The van der Waals surface area contributed by atoms with Gasteiger partial charge in [-0.3, -0.25) is 10.1 Å². The lowest BCUT2D eigenvalue weighted by Crippen LogP contribution is -2.40. The molecule has 0 amide bonds. The van der Waals surface area contributed by atoms with Gasteiger partial charge in [-0.2, -0.15) is 0 Å². The van der Waals surface area contributed by atoms with Crippen molar-refractivity contribution in [2.75, 3.05) is 25.6 Å². The van der Waals surface area contributed by atoms with Crippen LogP contribution in [0.4, 0.5) is 11.4 Å². The van der Waals surface area contributed by atoms with E-state index in [-0.39, 0.29) is 17.5 Å². The molecule has 1 aliphatic rings. The maximum atomic E-state index is 10.9. The highest BCUT2D eigenvalue weighted by molar-refractivity contribution is 5.68. The average Bonchev–Trinajstić information content (AvgIpc) is 2.22. The fraction of sp³-hybridized carbons (Fsp3) is 0.400. The maximum Gasteiger partial charge on any atom is 0.333 e. The van der Waals surface area contributed by atoms with Crippen LogP contribution < -0.4 is 10.1 Å². The highest BCUT2D eigenvalue weighted by atomic mass is 16.6. The molecule has 0 saturated carbocycles. The number of ether oxygens (including phenoxy) is 2. The molecule has 1 aromatic rings. The lowest BCUT2D eigenvalue weighted by molar-refractivity contribution is -0.384. The van der Waals surface area contributed by atoms with Gasteiger partial charge in [0.15, 0.2) is 5.75 Å². The molecule has 1 aliphatic heterocycles. The van der Waals surface area contributed by atoms with Crippen LogP contribution in [-0.4, -0.2) is 31.3 Å². The largest absolute Gasteiger partial charge is 0.490 e. The van der Waals surface area contributed by atoms with Gasteiger partial charge >= 0.3 is 5.69 Å². The standard InChI is InChI=1S/C10H12N2O4/c1-15-9-4-2-3-8(10(9)12(13)14)11-7-5-16-6-7/h2-4,7,11H,5-6H2,1H3. The van der Waals surface area contributed by atoms with Crippen LogP contribution in [0, 0.1) is 10.1 Å². The quantitative estimate of drug-likeness (QED) is 0.618. The van der Waals surface area contributed by atoms with Gasteiger partial charge in [-0.25, -0.2) is 0 Å². The fourth-order valence-electron chi connectivity index (χ4n) is 1.53. The minimum atomic E-state index is -0.444. The maximum absolute atomic E-state index is 10.9. The molecule has 86 valence electrons. The second-order valence-corrected chi connectivity index (χ2v) is 3.49. The van der Waals surface area contributed by atoms with Crippen LogP contribution in [0.2, 0.25) is 0 Å². The van der Waals surface area contributed by atoms with E-state index in [0.29, 0.717) is 18.9 Å². The Bertz CT molecular complexity index is 404. The molecule has 1 heterocycles. The minimum absolute atomic E-state index is 0.0306. The van der Waals surface area contributed by atoms with Crippen molar-refractivity contribution in [3.63, 3.8) is 0 Å². The molecule has 16 heavy (non-hydrogen) atoms. The van der Waals surface area contributed by atoms with Crippen molar-refractivity contribution in [3.8, 4) is 5.75 Å². The van der Waals surface area contributed by atoms with Gasteiger partial charge in [-0.15, -0.1) is 0 Å². The van der Waals surface area contributed by atoms with Crippen molar-refractivity contribution in [1.29, 1.82) is 0 Å². The molecular formula is C10H12N2O4. The average molecular weight is 224 g/mol. The topological polar surface area (TPSA) is 73.6 Å². The van der Waals surface area contributed by atoms with E-state index in [4.69, 9.17) is 9.47 Å². The molecule has 2 rings (SSSR count). The van der Waals surface area contributed by atoms with E-state index in [1.807, 2.05) is 0 Å². The van der Waals surface area contributed by atoms with Crippen molar-refractivity contribution in [2.45, 2.75) is 6.04 Å². The van der Waals surface area contributed by atoms with Gasteiger partial charge in [0.2, 0.25) is 0 Å². The van der Waals surface area contributed by atoms with Crippen LogP contribution in [0.25, 0.3) is 0 Å². The van der Waals surface area contributed by atoms with Gasteiger partial charge in [-0.05, 0) is 12.1 Å². The zero-order valence-corrected chi connectivity index (χ0v) is 8.80. The molecule has 1 fully saturated rings. The van der Waals surface area contributed by atoms with Gasteiger partial charge in [0.25, 0.3) is 0 Å². The molecular weight excluding hydrogens is 212 g/mol. The number of benzene rings is 1. The van der Waals surface area contributed by atoms with Crippen LogP contribution in [0.5, 0.6) is 5.75 Å². The number of rotatable bonds is 4. The number of para-hydroxylation sites is 1. The molecule has 0 aliphatic carbocycles. The zero-order valence-electron chi connectivity index (χ0n) is 8.80. The number of nitro groups is 1. The third-order valence-electron chi connectivity index (χ3n) is 2.40. The normalized spacial score (nSPS) is 15.3. The number of methoxy groups -OCH3 is 1. The molecule has 0 spiro atoms. The fourth-order valence-corrected chi connectivity index (χ4v) is 1.53. The van der Waals surface area contributed by atoms with Crippen LogP contribution in [0.15, 0.2) is 18.2 Å². The number of hydrogen-bond donors (Lipinski definition) is 1. The van der Waals surface area contributed by atoms with Crippen molar-refractivity contribution in [2.24, 2.45) is 0 Å². The Balaban J connectivity index is 2.30. The summed E-state index contributed by atoms with van der Waals surface area (Å²) in [6.07, 6.45) is 0. The highest BCUT2D eigenvalue weighted by Gasteiger charge is 2.25. The van der Waals surface area contributed by atoms with E-state index in [9.17, 15) is 10.1 Å². The number of nitrogens with zero attached hydrogens (tertiary/aromatic N) is 1. The summed E-state index contributed by atoms with van der Waals surface area (Å²) < 4.78 is 9.97. The van der Waals surface area contributed by atoms with Crippen LogP contribution in [0.3, 0.4) is 0 Å². The Labute approximate surface area is 92.3 Å². The molecule has 0 radical (unpaired) electrons. The minimum Gasteiger partial charge on any atom is -0.490 e. The van der Waals surface area contributed by atoms with E-state index >= 15 is 0 Å². The van der Waals surface area contributed by atoms with Gasteiger partial charge in [-0.1, -0.05) is 6.07 Å². The first-order valence-corrected chi connectivity index (χ1v) is 4.88. The summed E-state index contributed by atoms with van der Waals surface area (Å²) in [6, 6.07) is 5.10. The molecule has 0 atom stereocenters. The molecule has 1 N–H and O–H groups in total. The molecule has 1 aromatic carbocycles. The predicted octanol–water partition coefficient (Wildman–Crippen LogP) is 1.41. The molecule has 1 saturated heterocycles. The molecule has 0 bridgehead atoms. The second-order valence-electron chi connectivity index (χ2n) is 3.49. The predicted molar refractivity (Wildman–Crippen MR) is 57.9 cm³/mol. The van der Waals surface area contributed by atoms with Crippen molar-refractivity contribution >= 4 is 11.4 Å². The summed E-state index contributed by atoms with van der Waals surface area (Å²) in [5.74, 6) is 0.259. The van der Waals surface area contributed by atoms with Crippen molar-refractivity contribution in [3.05, 3.63) is 28.3 Å². The molecule has 6 nitrogen and oxygen atoms in total. The van der Waals surface area contributed by atoms with Gasteiger partial charge in [0.1, 0.15) is 5.69 Å². The Kier molecular flexibility index (Phi) is 2.91. The summed E-state index contributed by atoms with van der Waals surface area (Å²) >= 11 is 0.